The van der Waals surface area contributed by atoms with E-state index in [1.165, 1.54) is 24.3 Å². The van der Waals surface area contributed by atoms with Crippen molar-refractivity contribution in [3.63, 3.8) is 0 Å². The van der Waals surface area contributed by atoms with E-state index in [2.05, 4.69) is 0 Å². The summed E-state index contributed by atoms with van der Waals surface area (Å²) in [4.78, 5) is 0. The number of furan rings is 1. The maximum Gasteiger partial charge on any atom is 0.134 e. The van der Waals surface area contributed by atoms with E-state index in [1.807, 2.05) is 22.6 Å². The van der Waals surface area contributed by atoms with E-state index in [-0.39, 0.29) is 11.6 Å². The van der Waals surface area contributed by atoms with Gasteiger partial charge in [-0.05, 0) is 64.6 Å². The Morgan fingerprint density at radius 3 is 2.45 bits per heavy atom. The fourth-order valence-electron chi connectivity index (χ4n) is 2.10. The Balaban J connectivity index is 2.05. The first kappa shape index (κ1) is 13.5. The number of rotatable bonds is 2. The van der Waals surface area contributed by atoms with Crippen LogP contribution in [0.5, 0.6) is 0 Å². The molecule has 0 saturated carbocycles. The van der Waals surface area contributed by atoms with Crippen LogP contribution in [0.15, 0.2) is 46.9 Å². The Kier molecular flexibility index (Phi) is 3.47. The molecule has 2 N–H and O–H groups in total. The molecule has 0 amide bonds. The zero-order chi connectivity index (χ0) is 14.3. The van der Waals surface area contributed by atoms with Crippen LogP contribution in [-0.2, 0) is 0 Å². The topological polar surface area (TPSA) is 39.2 Å². The van der Waals surface area contributed by atoms with Crippen LogP contribution >= 0.6 is 22.6 Å². The zero-order valence-corrected chi connectivity index (χ0v) is 12.4. The van der Waals surface area contributed by atoms with Gasteiger partial charge >= 0.3 is 0 Å². The van der Waals surface area contributed by atoms with Gasteiger partial charge in [0, 0.05) is 8.96 Å². The smallest absolute Gasteiger partial charge is 0.134 e. The highest BCUT2D eigenvalue weighted by atomic mass is 127. The summed E-state index contributed by atoms with van der Waals surface area (Å²) in [6.45, 7) is 0. The van der Waals surface area contributed by atoms with Gasteiger partial charge in [-0.15, -0.1) is 0 Å². The van der Waals surface area contributed by atoms with Gasteiger partial charge in [0.05, 0.1) is 6.04 Å². The summed E-state index contributed by atoms with van der Waals surface area (Å²) < 4.78 is 32.6. The van der Waals surface area contributed by atoms with Crippen molar-refractivity contribution in [2.24, 2.45) is 5.73 Å². The first-order chi connectivity index (χ1) is 9.54. The van der Waals surface area contributed by atoms with Crippen LogP contribution in [0.3, 0.4) is 0 Å². The molecule has 0 radical (unpaired) electrons. The van der Waals surface area contributed by atoms with Crippen LogP contribution in [0.1, 0.15) is 17.4 Å². The van der Waals surface area contributed by atoms with Crippen molar-refractivity contribution in [3.05, 3.63) is 69.0 Å². The molecule has 2 nitrogen and oxygen atoms in total. The summed E-state index contributed by atoms with van der Waals surface area (Å²) in [5.74, 6) is -0.109. The molecular formula is C15H10F2INO. The highest BCUT2D eigenvalue weighted by Gasteiger charge is 2.17. The Labute approximate surface area is 127 Å². The Morgan fingerprint density at radius 1 is 1.00 bits per heavy atom. The molecule has 1 aromatic heterocycles. The summed E-state index contributed by atoms with van der Waals surface area (Å²) >= 11 is 2.03. The van der Waals surface area contributed by atoms with E-state index in [4.69, 9.17) is 10.2 Å². The number of hydrogen-bond donors (Lipinski definition) is 1. The van der Waals surface area contributed by atoms with Gasteiger partial charge in [0.25, 0.3) is 0 Å². The van der Waals surface area contributed by atoms with E-state index in [1.54, 1.807) is 18.2 Å². The molecule has 1 heterocycles. The molecular weight excluding hydrogens is 375 g/mol. The highest BCUT2D eigenvalue weighted by molar-refractivity contribution is 14.1. The van der Waals surface area contributed by atoms with Crippen molar-refractivity contribution in [2.75, 3.05) is 0 Å². The summed E-state index contributed by atoms with van der Waals surface area (Å²) in [7, 11) is 0. The zero-order valence-electron chi connectivity index (χ0n) is 10.2. The molecule has 102 valence electrons. The van der Waals surface area contributed by atoms with Crippen LogP contribution in [0.25, 0.3) is 11.0 Å². The molecule has 2 aromatic carbocycles. The SMILES string of the molecule is NC(c1cc2cc(F)ccc2o1)c1ccc(F)cc1I. The molecule has 20 heavy (non-hydrogen) atoms. The normalized spacial score (nSPS) is 12.8. The largest absolute Gasteiger partial charge is 0.459 e. The summed E-state index contributed by atoms with van der Waals surface area (Å²) in [6, 6.07) is 9.90. The molecule has 0 saturated heterocycles. The molecule has 1 atom stereocenters. The average Bonchev–Trinajstić information content (AvgIpc) is 2.81. The van der Waals surface area contributed by atoms with Gasteiger partial charge in [-0.1, -0.05) is 6.07 Å². The average molecular weight is 385 g/mol. The molecule has 0 spiro atoms. The third kappa shape index (κ3) is 2.43. The number of halogens is 3. The lowest BCUT2D eigenvalue weighted by molar-refractivity contribution is 0.523. The maximum atomic E-state index is 13.2. The second kappa shape index (κ2) is 5.14. The fraction of sp³-hybridized carbons (Fsp3) is 0.0667. The second-order valence-corrected chi connectivity index (χ2v) is 5.64. The van der Waals surface area contributed by atoms with Crippen molar-refractivity contribution >= 4 is 33.6 Å². The molecule has 3 rings (SSSR count). The quantitative estimate of drug-likeness (QED) is 0.666. The lowest BCUT2D eigenvalue weighted by Gasteiger charge is -2.11. The Morgan fingerprint density at radius 2 is 1.70 bits per heavy atom. The van der Waals surface area contributed by atoms with Gasteiger partial charge in [0.15, 0.2) is 0 Å². The van der Waals surface area contributed by atoms with Gasteiger partial charge in [-0.3, -0.25) is 0 Å². The Hall–Kier alpha value is -1.47. The van der Waals surface area contributed by atoms with E-state index in [0.717, 1.165) is 9.13 Å². The van der Waals surface area contributed by atoms with Crippen LogP contribution < -0.4 is 5.73 Å². The highest BCUT2D eigenvalue weighted by Crippen LogP contribution is 2.29. The van der Waals surface area contributed by atoms with Gasteiger partial charge in [0.1, 0.15) is 23.0 Å². The summed E-state index contributed by atoms with van der Waals surface area (Å²) in [5.41, 5.74) is 7.50. The number of fused-ring (bicyclic) bond motifs is 1. The van der Waals surface area contributed by atoms with E-state index >= 15 is 0 Å². The van der Waals surface area contributed by atoms with Crippen molar-refractivity contribution in [1.82, 2.24) is 0 Å². The third-order valence-corrected chi connectivity index (χ3v) is 4.04. The predicted molar refractivity (Wildman–Crippen MR) is 81.3 cm³/mol. The molecule has 0 aliphatic rings. The third-order valence-electron chi connectivity index (χ3n) is 3.10. The number of nitrogens with two attached hydrogens (primary N) is 1. The maximum absolute atomic E-state index is 13.2. The molecule has 5 heteroatoms. The lowest BCUT2D eigenvalue weighted by Crippen LogP contribution is -2.12. The predicted octanol–water partition coefficient (Wildman–Crippen LogP) is 4.36. The fourth-order valence-corrected chi connectivity index (χ4v) is 2.91. The second-order valence-electron chi connectivity index (χ2n) is 4.47. The lowest BCUT2D eigenvalue weighted by atomic mass is 10.1. The van der Waals surface area contributed by atoms with Crippen molar-refractivity contribution in [3.8, 4) is 0 Å². The number of benzene rings is 2. The van der Waals surface area contributed by atoms with Crippen LogP contribution in [0.2, 0.25) is 0 Å². The van der Waals surface area contributed by atoms with Crippen LogP contribution in [-0.4, -0.2) is 0 Å². The molecule has 0 fully saturated rings. The monoisotopic (exact) mass is 385 g/mol. The van der Waals surface area contributed by atoms with Crippen molar-refractivity contribution < 1.29 is 13.2 Å². The van der Waals surface area contributed by atoms with Gasteiger partial charge in [0.2, 0.25) is 0 Å². The molecule has 0 aliphatic heterocycles. The van der Waals surface area contributed by atoms with Gasteiger partial charge in [-0.25, -0.2) is 8.78 Å². The Bertz CT molecular complexity index is 785. The van der Waals surface area contributed by atoms with E-state index < -0.39 is 6.04 Å². The van der Waals surface area contributed by atoms with Gasteiger partial charge < -0.3 is 10.2 Å². The molecule has 1 unspecified atom stereocenters. The van der Waals surface area contributed by atoms with Crippen LogP contribution in [0.4, 0.5) is 8.78 Å². The minimum Gasteiger partial charge on any atom is -0.459 e. The molecule has 0 bridgehead atoms. The minimum atomic E-state index is -0.516. The van der Waals surface area contributed by atoms with Crippen molar-refractivity contribution in [2.45, 2.75) is 6.04 Å². The van der Waals surface area contributed by atoms with E-state index in [0.29, 0.717) is 16.7 Å². The molecule has 3 aromatic rings. The van der Waals surface area contributed by atoms with E-state index in [9.17, 15) is 8.78 Å². The summed E-state index contributed by atoms with van der Waals surface area (Å²) in [5, 5.41) is 0.660. The van der Waals surface area contributed by atoms with Crippen LogP contribution in [0, 0.1) is 15.2 Å². The van der Waals surface area contributed by atoms with Gasteiger partial charge in [-0.2, -0.15) is 0 Å². The standard InChI is InChI=1S/C15H10F2INO/c16-9-2-4-13-8(5-9)6-14(20-13)15(19)11-3-1-10(17)7-12(11)18/h1-7,15H,19H2. The first-order valence-electron chi connectivity index (χ1n) is 5.94. The minimum absolute atomic E-state index is 0.308. The first-order valence-corrected chi connectivity index (χ1v) is 7.02. The molecule has 0 aliphatic carbocycles. The van der Waals surface area contributed by atoms with Crippen molar-refractivity contribution in [1.29, 1.82) is 0 Å². The summed E-state index contributed by atoms with van der Waals surface area (Å²) in [6.07, 6.45) is 0. The number of hydrogen-bond acceptors (Lipinski definition) is 2.